The molecule has 0 bridgehead atoms. The van der Waals surface area contributed by atoms with Crippen molar-refractivity contribution < 1.29 is 4.74 Å². The SMILES string of the molecule is CO[C@@H]1[C@@H](C)[C@H](NCc2ccn[nH]2)C1(C)C. The second-order valence-electron chi connectivity index (χ2n) is 5.28. The molecule has 1 aromatic heterocycles. The Morgan fingerprint density at radius 1 is 1.56 bits per heavy atom. The maximum atomic E-state index is 5.52. The number of aromatic nitrogens is 2. The number of aromatic amines is 1. The Balaban J connectivity index is 1.91. The Morgan fingerprint density at radius 3 is 2.81 bits per heavy atom. The summed E-state index contributed by atoms with van der Waals surface area (Å²) in [6, 6.07) is 2.50. The van der Waals surface area contributed by atoms with Crippen molar-refractivity contribution in [2.75, 3.05) is 7.11 Å². The molecule has 1 fully saturated rings. The molecule has 3 atom stereocenters. The van der Waals surface area contributed by atoms with E-state index in [2.05, 4.69) is 36.3 Å². The zero-order chi connectivity index (χ0) is 11.8. The molecule has 0 aromatic carbocycles. The van der Waals surface area contributed by atoms with Crippen LogP contribution in [0, 0.1) is 11.3 Å². The van der Waals surface area contributed by atoms with Gasteiger partial charge in [-0.3, -0.25) is 5.10 Å². The third-order valence-electron chi connectivity index (χ3n) is 3.86. The average Bonchev–Trinajstić information content (AvgIpc) is 2.70. The maximum Gasteiger partial charge on any atom is 0.0677 e. The normalized spacial score (nSPS) is 32.4. The first kappa shape index (κ1) is 11.6. The summed E-state index contributed by atoms with van der Waals surface area (Å²) < 4.78 is 5.52. The van der Waals surface area contributed by atoms with Crippen LogP contribution in [0.15, 0.2) is 12.3 Å². The Bertz CT molecular complexity index is 334. The van der Waals surface area contributed by atoms with Gasteiger partial charge in [0.1, 0.15) is 0 Å². The molecule has 0 saturated heterocycles. The van der Waals surface area contributed by atoms with Gasteiger partial charge in [-0.05, 0) is 12.0 Å². The lowest BCUT2D eigenvalue weighted by atomic mass is 9.58. The lowest BCUT2D eigenvalue weighted by Gasteiger charge is -2.56. The fourth-order valence-electron chi connectivity index (χ4n) is 3.16. The third kappa shape index (κ3) is 1.76. The Kier molecular flexibility index (Phi) is 3.04. The highest BCUT2D eigenvalue weighted by atomic mass is 16.5. The summed E-state index contributed by atoms with van der Waals surface area (Å²) in [6.45, 7) is 7.59. The summed E-state index contributed by atoms with van der Waals surface area (Å²) in [5.74, 6) is 0.558. The molecular formula is C12H21N3O. The fraction of sp³-hybridized carbons (Fsp3) is 0.750. The second-order valence-corrected chi connectivity index (χ2v) is 5.28. The highest BCUT2D eigenvalue weighted by molar-refractivity contribution is 5.08. The first-order valence-electron chi connectivity index (χ1n) is 5.81. The lowest BCUT2D eigenvalue weighted by molar-refractivity contribution is -0.145. The van der Waals surface area contributed by atoms with Gasteiger partial charge < -0.3 is 10.1 Å². The van der Waals surface area contributed by atoms with E-state index in [4.69, 9.17) is 4.74 Å². The molecule has 1 aromatic rings. The molecule has 1 heterocycles. The maximum absolute atomic E-state index is 5.52. The number of nitrogens with one attached hydrogen (secondary N) is 2. The first-order chi connectivity index (χ1) is 7.57. The monoisotopic (exact) mass is 223 g/mol. The number of hydrogen-bond donors (Lipinski definition) is 2. The topological polar surface area (TPSA) is 49.9 Å². The van der Waals surface area contributed by atoms with E-state index in [1.807, 2.05) is 6.07 Å². The van der Waals surface area contributed by atoms with Crippen molar-refractivity contribution in [3.05, 3.63) is 18.0 Å². The van der Waals surface area contributed by atoms with E-state index in [1.54, 1.807) is 13.3 Å². The van der Waals surface area contributed by atoms with E-state index in [-0.39, 0.29) is 5.41 Å². The average molecular weight is 223 g/mol. The van der Waals surface area contributed by atoms with Gasteiger partial charge in [-0.2, -0.15) is 5.10 Å². The summed E-state index contributed by atoms with van der Waals surface area (Å²) in [5.41, 5.74) is 1.33. The van der Waals surface area contributed by atoms with Gasteiger partial charge in [0.05, 0.1) is 6.10 Å². The Hall–Kier alpha value is -0.870. The zero-order valence-corrected chi connectivity index (χ0v) is 10.4. The molecule has 16 heavy (non-hydrogen) atoms. The molecule has 4 heteroatoms. The van der Waals surface area contributed by atoms with E-state index in [0.29, 0.717) is 18.1 Å². The number of nitrogens with zero attached hydrogens (tertiary/aromatic N) is 1. The van der Waals surface area contributed by atoms with E-state index >= 15 is 0 Å². The zero-order valence-electron chi connectivity index (χ0n) is 10.4. The second kappa shape index (κ2) is 4.18. The minimum atomic E-state index is 0.203. The van der Waals surface area contributed by atoms with Crippen molar-refractivity contribution in [2.45, 2.75) is 39.5 Å². The molecule has 90 valence electrons. The summed E-state index contributed by atoms with van der Waals surface area (Å²) in [6.07, 6.45) is 2.14. The Morgan fingerprint density at radius 2 is 2.31 bits per heavy atom. The summed E-state index contributed by atoms with van der Waals surface area (Å²) in [7, 11) is 1.80. The quantitative estimate of drug-likeness (QED) is 0.814. The van der Waals surface area contributed by atoms with Crippen LogP contribution < -0.4 is 5.32 Å². The smallest absolute Gasteiger partial charge is 0.0677 e. The van der Waals surface area contributed by atoms with Gasteiger partial charge in [-0.25, -0.2) is 0 Å². The van der Waals surface area contributed by atoms with Crippen LogP contribution in [0.2, 0.25) is 0 Å². The van der Waals surface area contributed by atoms with E-state index < -0.39 is 0 Å². The van der Waals surface area contributed by atoms with Gasteiger partial charge in [0.15, 0.2) is 0 Å². The van der Waals surface area contributed by atoms with Gasteiger partial charge in [0.25, 0.3) is 0 Å². The van der Waals surface area contributed by atoms with Gasteiger partial charge >= 0.3 is 0 Å². The van der Waals surface area contributed by atoms with E-state index in [0.717, 1.165) is 12.2 Å². The van der Waals surface area contributed by atoms with Crippen molar-refractivity contribution in [1.29, 1.82) is 0 Å². The van der Waals surface area contributed by atoms with Crippen molar-refractivity contribution in [3.8, 4) is 0 Å². The van der Waals surface area contributed by atoms with Crippen molar-refractivity contribution in [3.63, 3.8) is 0 Å². The van der Waals surface area contributed by atoms with Crippen molar-refractivity contribution in [1.82, 2.24) is 15.5 Å². The minimum Gasteiger partial charge on any atom is -0.380 e. The van der Waals surface area contributed by atoms with Crippen LogP contribution >= 0.6 is 0 Å². The predicted molar refractivity (Wildman–Crippen MR) is 63.0 cm³/mol. The first-order valence-corrected chi connectivity index (χ1v) is 5.81. The number of ether oxygens (including phenoxy) is 1. The van der Waals surface area contributed by atoms with Crippen LogP contribution in [-0.4, -0.2) is 29.5 Å². The number of rotatable bonds is 4. The van der Waals surface area contributed by atoms with E-state index in [9.17, 15) is 0 Å². The molecule has 1 aliphatic rings. The number of methoxy groups -OCH3 is 1. The van der Waals surface area contributed by atoms with Gasteiger partial charge in [0, 0.05) is 37.0 Å². The third-order valence-corrected chi connectivity index (χ3v) is 3.86. The largest absolute Gasteiger partial charge is 0.380 e. The van der Waals surface area contributed by atoms with Crippen LogP contribution in [0.4, 0.5) is 0 Å². The number of hydrogen-bond acceptors (Lipinski definition) is 3. The lowest BCUT2D eigenvalue weighted by Crippen LogP contribution is -2.66. The van der Waals surface area contributed by atoms with Gasteiger partial charge in [-0.15, -0.1) is 0 Å². The van der Waals surface area contributed by atoms with Gasteiger partial charge in [-0.1, -0.05) is 20.8 Å². The van der Waals surface area contributed by atoms with Crippen LogP contribution in [0.1, 0.15) is 26.5 Å². The Labute approximate surface area is 96.8 Å². The van der Waals surface area contributed by atoms with E-state index in [1.165, 1.54) is 0 Å². The van der Waals surface area contributed by atoms with Crippen LogP contribution in [0.25, 0.3) is 0 Å². The molecule has 2 rings (SSSR count). The summed E-state index contributed by atoms with van der Waals surface area (Å²) in [4.78, 5) is 0. The molecule has 0 aliphatic heterocycles. The fourth-order valence-corrected chi connectivity index (χ4v) is 3.16. The van der Waals surface area contributed by atoms with Crippen LogP contribution in [0.3, 0.4) is 0 Å². The van der Waals surface area contributed by atoms with Gasteiger partial charge in [0.2, 0.25) is 0 Å². The molecule has 0 radical (unpaired) electrons. The molecule has 0 amide bonds. The summed E-state index contributed by atoms with van der Waals surface area (Å²) >= 11 is 0. The molecule has 0 spiro atoms. The summed E-state index contributed by atoms with van der Waals surface area (Å²) in [5, 5.41) is 10.5. The highest BCUT2D eigenvalue weighted by Gasteiger charge is 2.54. The predicted octanol–water partition coefficient (Wildman–Crippen LogP) is 1.56. The van der Waals surface area contributed by atoms with Crippen molar-refractivity contribution >= 4 is 0 Å². The van der Waals surface area contributed by atoms with Crippen LogP contribution in [-0.2, 0) is 11.3 Å². The molecular weight excluding hydrogens is 202 g/mol. The molecule has 1 saturated carbocycles. The molecule has 0 unspecified atom stereocenters. The molecule has 4 nitrogen and oxygen atoms in total. The minimum absolute atomic E-state index is 0.203. The standard InChI is InChI=1S/C12H21N3O/c1-8-10(12(2,3)11(8)16-4)13-7-9-5-6-14-15-9/h5-6,8,10-11,13H,7H2,1-4H3,(H,14,15)/t8-,10-,11+/m0/s1. The number of H-pyrrole nitrogens is 1. The van der Waals surface area contributed by atoms with Crippen molar-refractivity contribution in [2.24, 2.45) is 11.3 Å². The van der Waals surface area contributed by atoms with Crippen LogP contribution in [0.5, 0.6) is 0 Å². The molecule has 1 aliphatic carbocycles. The highest BCUT2D eigenvalue weighted by Crippen LogP contribution is 2.46. The molecule has 2 N–H and O–H groups in total.